The smallest absolute Gasteiger partial charge is 0.284 e. The molecule has 0 aliphatic heterocycles. The van der Waals surface area contributed by atoms with Crippen LogP contribution < -0.4 is 5.56 Å². The first kappa shape index (κ1) is 17.4. The van der Waals surface area contributed by atoms with Crippen LogP contribution in [0, 0.1) is 0 Å². The molecule has 0 amide bonds. The van der Waals surface area contributed by atoms with Crippen molar-refractivity contribution < 1.29 is 10.2 Å². The van der Waals surface area contributed by atoms with Crippen molar-refractivity contribution in [1.29, 1.82) is 0 Å². The van der Waals surface area contributed by atoms with Crippen LogP contribution in [0.4, 0.5) is 5.69 Å². The molecule has 0 bridgehead atoms. The molecule has 0 spiro atoms. The summed E-state index contributed by atoms with van der Waals surface area (Å²) in [6.07, 6.45) is 1.34. The fraction of sp³-hybridized carbons (Fsp3) is 0. The first-order valence-corrected chi connectivity index (χ1v) is 8.66. The molecule has 4 aromatic rings. The van der Waals surface area contributed by atoms with Gasteiger partial charge in [0.25, 0.3) is 5.56 Å². The number of aromatic hydroxyl groups is 2. The lowest BCUT2D eigenvalue weighted by Crippen LogP contribution is -2.21. The first-order valence-electron chi connectivity index (χ1n) is 8.66. The van der Waals surface area contributed by atoms with Crippen LogP contribution in [-0.4, -0.2) is 25.8 Å². The molecule has 0 unspecified atom stereocenters. The second kappa shape index (κ2) is 7.28. The van der Waals surface area contributed by atoms with Crippen molar-refractivity contribution >= 4 is 11.9 Å². The number of rotatable bonds is 4. The van der Waals surface area contributed by atoms with Crippen LogP contribution in [0.5, 0.6) is 11.6 Å². The van der Waals surface area contributed by atoms with Crippen LogP contribution in [0.1, 0.15) is 5.56 Å². The fourth-order valence-electron chi connectivity index (χ4n) is 2.91. The third-order valence-corrected chi connectivity index (χ3v) is 4.26. The molecular formula is C22H17N3O3. The standard InChI is InChI=1S/C22H17N3O3/c26-19-13-11-16(12-14-19)23-15-20-21(27)24(17-7-3-1-4-8-17)25(22(20)28)18-9-5-2-6-10-18/h1-15,26-27H. The number of phenols is 1. The van der Waals surface area contributed by atoms with Gasteiger partial charge in [-0.3, -0.25) is 9.79 Å². The lowest BCUT2D eigenvalue weighted by Gasteiger charge is -2.12. The second-order valence-corrected chi connectivity index (χ2v) is 6.11. The lowest BCUT2D eigenvalue weighted by molar-refractivity contribution is 0.424. The van der Waals surface area contributed by atoms with E-state index in [2.05, 4.69) is 4.99 Å². The van der Waals surface area contributed by atoms with Gasteiger partial charge in [0, 0.05) is 6.21 Å². The van der Waals surface area contributed by atoms with E-state index < -0.39 is 5.56 Å². The van der Waals surface area contributed by atoms with E-state index in [-0.39, 0.29) is 17.2 Å². The molecule has 1 heterocycles. The van der Waals surface area contributed by atoms with Gasteiger partial charge in [0.1, 0.15) is 11.3 Å². The third-order valence-electron chi connectivity index (χ3n) is 4.26. The normalized spacial score (nSPS) is 11.1. The molecule has 6 heteroatoms. The summed E-state index contributed by atoms with van der Waals surface area (Å²) in [7, 11) is 0. The van der Waals surface area contributed by atoms with E-state index in [1.165, 1.54) is 27.7 Å². The van der Waals surface area contributed by atoms with Gasteiger partial charge in [-0.1, -0.05) is 36.4 Å². The summed E-state index contributed by atoms with van der Waals surface area (Å²) in [4.78, 5) is 17.4. The van der Waals surface area contributed by atoms with Crippen LogP contribution in [0.25, 0.3) is 11.4 Å². The summed E-state index contributed by atoms with van der Waals surface area (Å²) in [5.41, 5.74) is 1.49. The van der Waals surface area contributed by atoms with Crippen LogP contribution >= 0.6 is 0 Å². The zero-order valence-electron chi connectivity index (χ0n) is 14.8. The summed E-state index contributed by atoms with van der Waals surface area (Å²) < 4.78 is 2.86. The molecule has 0 saturated heterocycles. The summed E-state index contributed by atoms with van der Waals surface area (Å²) in [6.45, 7) is 0. The van der Waals surface area contributed by atoms with Crippen LogP contribution in [0.15, 0.2) is 94.7 Å². The number of para-hydroxylation sites is 2. The van der Waals surface area contributed by atoms with Gasteiger partial charge < -0.3 is 10.2 Å². The Morgan fingerprint density at radius 2 is 1.25 bits per heavy atom. The molecule has 0 aliphatic carbocycles. The summed E-state index contributed by atoms with van der Waals surface area (Å²) >= 11 is 0. The summed E-state index contributed by atoms with van der Waals surface area (Å²) in [6, 6.07) is 24.5. The Morgan fingerprint density at radius 1 is 0.714 bits per heavy atom. The quantitative estimate of drug-likeness (QED) is 0.536. The predicted octanol–water partition coefficient (Wildman–Crippen LogP) is 3.79. The molecule has 3 aromatic carbocycles. The van der Waals surface area contributed by atoms with Gasteiger partial charge in [-0.2, -0.15) is 0 Å². The molecule has 0 fully saturated rings. The van der Waals surface area contributed by atoms with Crippen molar-refractivity contribution in [3.8, 4) is 23.0 Å². The van der Waals surface area contributed by atoms with E-state index in [1.807, 2.05) is 36.4 Å². The minimum absolute atomic E-state index is 0.0702. The van der Waals surface area contributed by atoms with E-state index in [1.54, 1.807) is 36.4 Å². The third kappa shape index (κ3) is 3.19. The molecule has 2 N–H and O–H groups in total. The molecule has 6 nitrogen and oxygen atoms in total. The molecule has 28 heavy (non-hydrogen) atoms. The monoisotopic (exact) mass is 371 g/mol. The number of benzene rings is 3. The minimum atomic E-state index is -0.393. The van der Waals surface area contributed by atoms with Crippen molar-refractivity contribution in [1.82, 2.24) is 9.36 Å². The number of hydrogen-bond acceptors (Lipinski definition) is 4. The largest absolute Gasteiger partial charge is 0.508 e. The van der Waals surface area contributed by atoms with E-state index in [0.29, 0.717) is 17.1 Å². The highest BCUT2D eigenvalue weighted by molar-refractivity contribution is 5.85. The van der Waals surface area contributed by atoms with Gasteiger partial charge in [-0.05, 0) is 48.5 Å². The Morgan fingerprint density at radius 3 is 1.82 bits per heavy atom. The molecule has 0 radical (unpaired) electrons. The van der Waals surface area contributed by atoms with Crippen molar-refractivity contribution in [2.45, 2.75) is 0 Å². The summed E-state index contributed by atoms with van der Waals surface area (Å²) in [5.74, 6) is -0.0777. The van der Waals surface area contributed by atoms with Gasteiger partial charge in [-0.25, -0.2) is 9.36 Å². The van der Waals surface area contributed by atoms with E-state index >= 15 is 0 Å². The molecule has 4 rings (SSSR count). The van der Waals surface area contributed by atoms with Crippen molar-refractivity contribution in [3.63, 3.8) is 0 Å². The Labute approximate surface area is 160 Å². The zero-order chi connectivity index (χ0) is 19.5. The van der Waals surface area contributed by atoms with Gasteiger partial charge in [0.05, 0.1) is 17.1 Å². The van der Waals surface area contributed by atoms with Crippen molar-refractivity contribution in [2.75, 3.05) is 0 Å². The highest BCUT2D eigenvalue weighted by atomic mass is 16.3. The molecule has 1 aromatic heterocycles. The zero-order valence-corrected chi connectivity index (χ0v) is 14.8. The van der Waals surface area contributed by atoms with E-state index in [0.717, 1.165) is 0 Å². The van der Waals surface area contributed by atoms with Gasteiger partial charge in [0.2, 0.25) is 5.88 Å². The Hall–Kier alpha value is -4.06. The van der Waals surface area contributed by atoms with Crippen molar-refractivity contribution in [2.24, 2.45) is 4.99 Å². The Balaban J connectivity index is 1.90. The molecule has 138 valence electrons. The van der Waals surface area contributed by atoms with Crippen LogP contribution in [0.3, 0.4) is 0 Å². The first-order chi connectivity index (χ1) is 13.6. The highest BCUT2D eigenvalue weighted by Crippen LogP contribution is 2.23. The second-order valence-electron chi connectivity index (χ2n) is 6.11. The minimum Gasteiger partial charge on any atom is -0.508 e. The van der Waals surface area contributed by atoms with Gasteiger partial charge >= 0.3 is 0 Å². The average Bonchev–Trinajstić information content (AvgIpc) is 2.99. The summed E-state index contributed by atoms with van der Waals surface area (Å²) in [5, 5.41) is 20.2. The number of aromatic nitrogens is 2. The Kier molecular flexibility index (Phi) is 4.51. The molecule has 0 aliphatic rings. The van der Waals surface area contributed by atoms with Crippen LogP contribution in [0.2, 0.25) is 0 Å². The Bertz CT molecular complexity index is 1180. The maximum atomic E-state index is 13.1. The van der Waals surface area contributed by atoms with E-state index in [9.17, 15) is 15.0 Å². The number of aliphatic imine (C=N–C) groups is 1. The molecule has 0 saturated carbocycles. The maximum absolute atomic E-state index is 13.1. The van der Waals surface area contributed by atoms with Crippen molar-refractivity contribution in [3.05, 3.63) is 101 Å². The number of phenolic OH excluding ortho intramolecular Hbond substituents is 1. The predicted molar refractivity (Wildman–Crippen MR) is 108 cm³/mol. The fourth-order valence-corrected chi connectivity index (χ4v) is 2.91. The SMILES string of the molecule is O=c1c(C=Nc2ccc(O)cc2)c(O)n(-c2ccccc2)n1-c1ccccc1. The average molecular weight is 371 g/mol. The van der Waals surface area contributed by atoms with E-state index in [4.69, 9.17) is 0 Å². The number of hydrogen-bond donors (Lipinski definition) is 2. The van der Waals surface area contributed by atoms with Crippen LogP contribution in [-0.2, 0) is 0 Å². The lowest BCUT2D eigenvalue weighted by atomic mass is 10.3. The van der Waals surface area contributed by atoms with Gasteiger partial charge in [0.15, 0.2) is 0 Å². The molecule has 0 atom stereocenters. The topological polar surface area (TPSA) is 79.8 Å². The number of nitrogens with zero attached hydrogens (tertiary/aromatic N) is 3. The highest BCUT2D eigenvalue weighted by Gasteiger charge is 2.20. The van der Waals surface area contributed by atoms with Gasteiger partial charge in [-0.15, -0.1) is 0 Å². The maximum Gasteiger partial charge on any atom is 0.284 e. The molecular weight excluding hydrogens is 354 g/mol.